The van der Waals surface area contributed by atoms with Crippen LogP contribution in [-0.2, 0) is 0 Å². The summed E-state index contributed by atoms with van der Waals surface area (Å²) in [7, 11) is 1.72. The number of hydrogen-bond acceptors (Lipinski definition) is 3. The molecule has 0 bridgehead atoms. The highest BCUT2D eigenvalue weighted by Gasteiger charge is 2.13. The van der Waals surface area contributed by atoms with E-state index in [1.54, 1.807) is 25.2 Å². The highest BCUT2D eigenvalue weighted by Crippen LogP contribution is 2.38. The molecule has 0 aliphatic heterocycles. The highest BCUT2D eigenvalue weighted by atomic mass is 79.9. The zero-order valence-electron chi connectivity index (χ0n) is 10.1. The molecule has 0 saturated heterocycles. The molecule has 106 valence electrons. The fourth-order valence-electron chi connectivity index (χ4n) is 1.48. The van der Waals surface area contributed by atoms with E-state index in [2.05, 4.69) is 31.5 Å². The Morgan fingerprint density at radius 3 is 2.30 bits per heavy atom. The van der Waals surface area contributed by atoms with Gasteiger partial charge in [0, 0.05) is 11.5 Å². The van der Waals surface area contributed by atoms with Crippen LogP contribution in [0.4, 0.5) is 17.3 Å². The monoisotopic (exact) mass is 413 g/mol. The predicted molar refractivity (Wildman–Crippen MR) is 91.2 cm³/mol. The van der Waals surface area contributed by atoms with E-state index in [0.717, 1.165) is 0 Å². The second-order valence-corrected chi connectivity index (χ2v) is 6.17. The molecule has 0 atom stereocenters. The summed E-state index contributed by atoms with van der Waals surface area (Å²) in [5.74, 6) is 0.943. The Labute approximate surface area is 144 Å². The molecule has 0 aliphatic carbocycles. The summed E-state index contributed by atoms with van der Waals surface area (Å²) < 4.78 is 0.709. The largest absolute Gasteiger partial charge is 0.372 e. The van der Waals surface area contributed by atoms with Gasteiger partial charge in [-0.1, -0.05) is 46.4 Å². The fourth-order valence-corrected chi connectivity index (χ4v) is 2.80. The molecule has 1 heterocycles. The van der Waals surface area contributed by atoms with Crippen LogP contribution in [-0.4, -0.2) is 12.0 Å². The van der Waals surface area contributed by atoms with E-state index >= 15 is 0 Å². The first-order valence-electron chi connectivity index (χ1n) is 5.38. The second-order valence-electron chi connectivity index (χ2n) is 3.75. The van der Waals surface area contributed by atoms with Crippen LogP contribution in [0.15, 0.2) is 22.7 Å². The van der Waals surface area contributed by atoms with Gasteiger partial charge >= 0.3 is 0 Å². The van der Waals surface area contributed by atoms with Gasteiger partial charge in [0.05, 0.1) is 25.8 Å². The lowest BCUT2D eigenvalue weighted by Gasteiger charge is -2.13. The Bertz CT molecular complexity index is 664. The third kappa shape index (κ3) is 3.26. The van der Waals surface area contributed by atoms with E-state index in [1.807, 2.05) is 0 Å². The average molecular weight is 416 g/mol. The Kier molecular flexibility index (Phi) is 5.26. The molecule has 3 nitrogen and oxygen atoms in total. The number of anilines is 3. The number of benzene rings is 1. The normalized spacial score (nSPS) is 10.5. The minimum Gasteiger partial charge on any atom is -0.372 e. The first kappa shape index (κ1) is 16.0. The van der Waals surface area contributed by atoms with Gasteiger partial charge in [0.1, 0.15) is 5.82 Å². The van der Waals surface area contributed by atoms with Crippen molar-refractivity contribution in [3.8, 4) is 0 Å². The topological polar surface area (TPSA) is 37.0 Å². The number of hydrogen-bond donors (Lipinski definition) is 2. The Hall–Kier alpha value is -0.390. The Morgan fingerprint density at radius 1 is 1.00 bits per heavy atom. The summed E-state index contributed by atoms with van der Waals surface area (Å²) in [5.41, 5.74) is 0.596. The summed E-state index contributed by atoms with van der Waals surface area (Å²) in [6, 6.07) is 5.14. The van der Waals surface area contributed by atoms with E-state index in [1.165, 1.54) is 0 Å². The van der Waals surface area contributed by atoms with Gasteiger partial charge in [-0.05, 0) is 34.1 Å². The Morgan fingerprint density at radius 2 is 1.65 bits per heavy atom. The van der Waals surface area contributed by atoms with Crippen molar-refractivity contribution in [2.75, 3.05) is 17.7 Å². The minimum absolute atomic E-state index is 0.375. The van der Waals surface area contributed by atoms with Crippen LogP contribution in [0.5, 0.6) is 0 Å². The number of nitrogens with one attached hydrogen (secondary N) is 2. The van der Waals surface area contributed by atoms with E-state index in [0.29, 0.717) is 41.9 Å². The standard InChI is InChI=1S/C12H8BrCl4N3/c1-18-11-6(14)4-7(15)12(20-11)19-8-3-2-5(13)9(16)10(8)17/h2-4H,1H3,(H2,18,19,20). The highest BCUT2D eigenvalue weighted by molar-refractivity contribution is 9.10. The molecule has 1 aromatic carbocycles. The summed E-state index contributed by atoms with van der Waals surface area (Å²) in [6.07, 6.45) is 0. The van der Waals surface area contributed by atoms with Crippen LogP contribution in [0.1, 0.15) is 0 Å². The van der Waals surface area contributed by atoms with Gasteiger partial charge in [-0.3, -0.25) is 0 Å². The molecule has 0 aliphatic rings. The first-order chi connectivity index (χ1) is 9.43. The molecule has 0 spiro atoms. The summed E-state index contributed by atoms with van der Waals surface area (Å²) in [5, 5.41) is 7.51. The maximum atomic E-state index is 6.17. The third-order valence-corrected chi connectivity index (χ3v) is 4.80. The van der Waals surface area contributed by atoms with E-state index in [-0.39, 0.29) is 0 Å². The van der Waals surface area contributed by atoms with Gasteiger partial charge in [-0.2, -0.15) is 0 Å². The lowest BCUT2D eigenvalue weighted by molar-refractivity contribution is 1.27. The van der Waals surface area contributed by atoms with Gasteiger partial charge < -0.3 is 10.6 Å². The molecule has 0 amide bonds. The molecule has 20 heavy (non-hydrogen) atoms. The van der Waals surface area contributed by atoms with Gasteiger partial charge in [-0.25, -0.2) is 4.98 Å². The van der Waals surface area contributed by atoms with Crippen LogP contribution in [0, 0.1) is 0 Å². The maximum Gasteiger partial charge on any atom is 0.151 e. The zero-order chi connectivity index (χ0) is 14.9. The smallest absolute Gasteiger partial charge is 0.151 e. The molecule has 8 heteroatoms. The van der Waals surface area contributed by atoms with Crippen LogP contribution < -0.4 is 10.6 Å². The van der Waals surface area contributed by atoms with Gasteiger partial charge in [0.25, 0.3) is 0 Å². The summed E-state index contributed by atoms with van der Waals surface area (Å²) >= 11 is 27.6. The van der Waals surface area contributed by atoms with Crippen molar-refractivity contribution in [2.45, 2.75) is 0 Å². The van der Waals surface area contributed by atoms with Crippen LogP contribution in [0.3, 0.4) is 0 Å². The molecule has 2 N–H and O–H groups in total. The van der Waals surface area contributed by atoms with Crippen LogP contribution in [0.25, 0.3) is 0 Å². The SMILES string of the molecule is CNc1nc(Nc2ccc(Br)c(Cl)c2Cl)c(Cl)cc1Cl. The number of pyridine rings is 1. The molecule has 0 radical (unpaired) electrons. The Balaban J connectivity index is 2.42. The van der Waals surface area contributed by atoms with Crippen molar-refractivity contribution in [3.63, 3.8) is 0 Å². The average Bonchev–Trinajstić information content (AvgIpc) is 2.42. The minimum atomic E-state index is 0.375. The number of rotatable bonds is 3. The quantitative estimate of drug-likeness (QED) is 0.582. The van der Waals surface area contributed by atoms with Crippen LogP contribution in [0.2, 0.25) is 20.1 Å². The number of aromatic nitrogens is 1. The molecule has 2 aromatic rings. The molecule has 1 aromatic heterocycles. The van der Waals surface area contributed by atoms with E-state index in [4.69, 9.17) is 46.4 Å². The maximum absolute atomic E-state index is 6.17. The molecular weight excluding hydrogens is 408 g/mol. The van der Waals surface area contributed by atoms with Crippen molar-refractivity contribution < 1.29 is 0 Å². The van der Waals surface area contributed by atoms with Gasteiger partial charge in [0.2, 0.25) is 0 Å². The second kappa shape index (κ2) is 6.58. The zero-order valence-corrected chi connectivity index (χ0v) is 14.7. The third-order valence-electron chi connectivity index (χ3n) is 2.45. The van der Waals surface area contributed by atoms with Crippen molar-refractivity contribution >= 4 is 79.7 Å². The first-order valence-corrected chi connectivity index (χ1v) is 7.69. The van der Waals surface area contributed by atoms with Gasteiger partial charge in [0.15, 0.2) is 5.82 Å². The fraction of sp³-hybridized carbons (Fsp3) is 0.0833. The van der Waals surface area contributed by atoms with E-state index < -0.39 is 0 Å². The van der Waals surface area contributed by atoms with Crippen molar-refractivity contribution in [3.05, 3.63) is 42.8 Å². The lowest BCUT2D eigenvalue weighted by atomic mass is 10.3. The lowest BCUT2D eigenvalue weighted by Crippen LogP contribution is -2.00. The van der Waals surface area contributed by atoms with Crippen molar-refractivity contribution in [1.29, 1.82) is 0 Å². The van der Waals surface area contributed by atoms with E-state index in [9.17, 15) is 0 Å². The van der Waals surface area contributed by atoms with Crippen molar-refractivity contribution in [2.24, 2.45) is 0 Å². The number of halogens is 5. The van der Waals surface area contributed by atoms with Crippen LogP contribution >= 0.6 is 62.3 Å². The molecular formula is C12H8BrCl4N3. The summed E-state index contributed by atoms with van der Waals surface area (Å²) in [4.78, 5) is 4.28. The molecule has 2 rings (SSSR count). The van der Waals surface area contributed by atoms with Crippen molar-refractivity contribution in [1.82, 2.24) is 4.98 Å². The molecule has 0 saturated carbocycles. The van der Waals surface area contributed by atoms with Gasteiger partial charge in [-0.15, -0.1) is 0 Å². The summed E-state index contributed by atoms with van der Waals surface area (Å²) in [6.45, 7) is 0. The number of nitrogens with zero attached hydrogens (tertiary/aromatic N) is 1. The predicted octanol–water partition coefficient (Wildman–Crippen LogP) is 6.24. The molecule has 0 unspecified atom stereocenters. The molecule has 0 fully saturated rings.